The van der Waals surface area contributed by atoms with Crippen LogP contribution in [0.4, 0.5) is 0 Å². The molecule has 0 bridgehead atoms. The first-order valence-corrected chi connectivity index (χ1v) is 4.11. The van der Waals surface area contributed by atoms with Crippen LogP contribution in [0.5, 0.6) is 0 Å². The average Bonchev–Trinajstić information content (AvgIpc) is 2.33. The number of rotatable bonds is 2. The molecule has 4 nitrogen and oxygen atoms in total. The van der Waals surface area contributed by atoms with Gasteiger partial charge in [-0.25, -0.2) is 9.78 Å². The van der Waals surface area contributed by atoms with Gasteiger partial charge in [-0.05, 0) is 27.7 Å². The summed E-state index contributed by atoms with van der Waals surface area (Å²) in [5, 5.41) is 8.98. The van der Waals surface area contributed by atoms with E-state index in [1.807, 2.05) is 13.8 Å². The molecule has 0 saturated carbocycles. The topological polar surface area (TPSA) is 55.1 Å². The maximum Gasteiger partial charge on any atom is 0.329 e. The van der Waals surface area contributed by atoms with E-state index in [2.05, 4.69) is 4.98 Å². The van der Waals surface area contributed by atoms with Crippen molar-refractivity contribution in [2.45, 2.75) is 33.2 Å². The van der Waals surface area contributed by atoms with Crippen molar-refractivity contribution in [3.05, 3.63) is 17.7 Å². The maximum absolute atomic E-state index is 10.9. The molecular formula is C9H14N2O2. The van der Waals surface area contributed by atoms with Crippen molar-refractivity contribution >= 4 is 5.97 Å². The van der Waals surface area contributed by atoms with Crippen molar-refractivity contribution in [2.75, 3.05) is 0 Å². The first-order valence-electron chi connectivity index (χ1n) is 4.11. The highest BCUT2D eigenvalue weighted by molar-refractivity contribution is 5.75. The van der Waals surface area contributed by atoms with Gasteiger partial charge in [0.2, 0.25) is 0 Å². The Hall–Kier alpha value is -1.32. The molecule has 0 saturated heterocycles. The van der Waals surface area contributed by atoms with Crippen molar-refractivity contribution in [2.24, 2.45) is 0 Å². The van der Waals surface area contributed by atoms with E-state index in [1.54, 1.807) is 24.7 Å². The Morgan fingerprint density at radius 1 is 1.54 bits per heavy atom. The lowest BCUT2D eigenvalue weighted by Gasteiger charge is -2.22. The van der Waals surface area contributed by atoms with Gasteiger partial charge in [0.25, 0.3) is 0 Å². The predicted octanol–water partition coefficient (Wildman–Crippen LogP) is 1.32. The van der Waals surface area contributed by atoms with Crippen LogP contribution < -0.4 is 0 Å². The standard InChI is InChI=1S/C9H14N2O2/c1-6-7(2)11(5-10-6)9(3,4)8(12)13/h5H,1-4H3,(H,12,13). The highest BCUT2D eigenvalue weighted by Crippen LogP contribution is 2.19. The largest absolute Gasteiger partial charge is 0.480 e. The SMILES string of the molecule is Cc1ncn(C(C)(C)C(=O)O)c1C. The summed E-state index contributed by atoms with van der Waals surface area (Å²) < 4.78 is 1.67. The molecule has 1 rings (SSSR count). The number of aromatic nitrogens is 2. The molecule has 1 N–H and O–H groups in total. The Morgan fingerprint density at radius 3 is 2.38 bits per heavy atom. The number of aliphatic carboxylic acids is 1. The van der Waals surface area contributed by atoms with E-state index in [9.17, 15) is 4.79 Å². The molecule has 4 heteroatoms. The maximum atomic E-state index is 10.9. The van der Waals surface area contributed by atoms with Crippen LogP contribution in [0.3, 0.4) is 0 Å². The minimum Gasteiger partial charge on any atom is -0.480 e. The smallest absolute Gasteiger partial charge is 0.329 e. The number of nitrogens with zero attached hydrogens (tertiary/aromatic N) is 2. The van der Waals surface area contributed by atoms with Crippen molar-refractivity contribution in [1.29, 1.82) is 0 Å². The molecule has 1 aromatic rings. The molecule has 0 fully saturated rings. The van der Waals surface area contributed by atoms with Crippen LogP contribution in [0, 0.1) is 13.8 Å². The van der Waals surface area contributed by atoms with Crippen LogP contribution in [0.2, 0.25) is 0 Å². The third kappa shape index (κ3) is 1.43. The molecule has 0 aliphatic heterocycles. The van der Waals surface area contributed by atoms with Crippen molar-refractivity contribution in [1.82, 2.24) is 9.55 Å². The molecule has 0 aliphatic carbocycles. The first-order chi connectivity index (χ1) is 5.87. The molecule has 0 aromatic carbocycles. The molecule has 0 radical (unpaired) electrons. The van der Waals surface area contributed by atoms with Crippen molar-refractivity contribution < 1.29 is 9.90 Å². The van der Waals surface area contributed by atoms with E-state index in [1.165, 1.54) is 0 Å². The fourth-order valence-corrected chi connectivity index (χ4v) is 1.17. The highest BCUT2D eigenvalue weighted by atomic mass is 16.4. The van der Waals surface area contributed by atoms with E-state index in [4.69, 9.17) is 5.11 Å². The summed E-state index contributed by atoms with van der Waals surface area (Å²) in [5.74, 6) is -0.854. The van der Waals surface area contributed by atoms with Gasteiger partial charge in [0.1, 0.15) is 5.54 Å². The Morgan fingerprint density at radius 2 is 2.08 bits per heavy atom. The van der Waals surface area contributed by atoms with Gasteiger partial charge in [0, 0.05) is 5.69 Å². The van der Waals surface area contributed by atoms with E-state index >= 15 is 0 Å². The number of hydrogen-bond donors (Lipinski definition) is 1. The third-order valence-corrected chi connectivity index (χ3v) is 2.38. The zero-order valence-corrected chi connectivity index (χ0v) is 8.33. The fourth-order valence-electron chi connectivity index (χ4n) is 1.17. The lowest BCUT2D eigenvalue weighted by atomic mass is 10.1. The summed E-state index contributed by atoms with van der Waals surface area (Å²) in [5.41, 5.74) is 0.840. The van der Waals surface area contributed by atoms with E-state index in [0.717, 1.165) is 11.4 Å². The molecule has 0 amide bonds. The van der Waals surface area contributed by atoms with Crippen LogP contribution in [-0.2, 0) is 10.3 Å². The minimum absolute atomic E-state index is 0.854. The number of carboxylic acid groups (broad SMARTS) is 1. The van der Waals surface area contributed by atoms with Crippen molar-refractivity contribution in [3.63, 3.8) is 0 Å². The lowest BCUT2D eigenvalue weighted by molar-refractivity contribution is -0.145. The Balaban J connectivity index is 3.22. The van der Waals surface area contributed by atoms with Gasteiger partial charge < -0.3 is 9.67 Å². The Kier molecular flexibility index (Phi) is 2.15. The second-order valence-corrected chi connectivity index (χ2v) is 3.65. The molecule has 0 unspecified atom stereocenters. The van der Waals surface area contributed by atoms with Crippen LogP contribution in [0.25, 0.3) is 0 Å². The normalized spacial score (nSPS) is 11.7. The molecule has 72 valence electrons. The second-order valence-electron chi connectivity index (χ2n) is 3.65. The molecule has 0 spiro atoms. The Bertz CT molecular complexity index is 339. The van der Waals surface area contributed by atoms with Gasteiger partial charge in [-0.15, -0.1) is 0 Å². The number of carbonyl (C=O) groups is 1. The van der Waals surface area contributed by atoms with E-state index in [0.29, 0.717) is 0 Å². The van der Waals surface area contributed by atoms with Crippen LogP contribution in [-0.4, -0.2) is 20.6 Å². The van der Waals surface area contributed by atoms with Gasteiger partial charge >= 0.3 is 5.97 Å². The second kappa shape index (κ2) is 2.87. The van der Waals surface area contributed by atoms with Crippen LogP contribution >= 0.6 is 0 Å². The first kappa shape index (κ1) is 9.77. The fraction of sp³-hybridized carbons (Fsp3) is 0.556. The molecule has 1 aromatic heterocycles. The zero-order chi connectivity index (χ0) is 10.2. The average molecular weight is 182 g/mol. The molecule has 1 heterocycles. The summed E-state index contributed by atoms with van der Waals surface area (Å²) in [6.45, 7) is 7.05. The van der Waals surface area contributed by atoms with Gasteiger partial charge in [-0.3, -0.25) is 0 Å². The van der Waals surface area contributed by atoms with Gasteiger partial charge in [0.05, 0.1) is 12.0 Å². The number of aryl methyl sites for hydroxylation is 1. The number of imidazole rings is 1. The minimum atomic E-state index is -0.925. The highest BCUT2D eigenvalue weighted by Gasteiger charge is 2.30. The molecule has 13 heavy (non-hydrogen) atoms. The molecule has 0 aliphatic rings. The molecular weight excluding hydrogens is 168 g/mol. The quantitative estimate of drug-likeness (QED) is 0.750. The van der Waals surface area contributed by atoms with Crippen LogP contribution in [0.1, 0.15) is 25.2 Å². The molecule has 0 atom stereocenters. The predicted molar refractivity (Wildman–Crippen MR) is 48.7 cm³/mol. The van der Waals surface area contributed by atoms with E-state index in [-0.39, 0.29) is 0 Å². The summed E-state index contributed by atoms with van der Waals surface area (Å²) in [4.78, 5) is 15.0. The number of hydrogen-bond acceptors (Lipinski definition) is 2. The van der Waals surface area contributed by atoms with Gasteiger partial charge in [-0.1, -0.05) is 0 Å². The van der Waals surface area contributed by atoms with Gasteiger partial charge in [-0.2, -0.15) is 0 Å². The lowest BCUT2D eigenvalue weighted by Crippen LogP contribution is -2.35. The van der Waals surface area contributed by atoms with Gasteiger partial charge in [0.15, 0.2) is 0 Å². The van der Waals surface area contributed by atoms with Crippen LogP contribution in [0.15, 0.2) is 6.33 Å². The van der Waals surface area contributed by atoms with E-state index < -0.39 is 11.5 Å². The summed E-state index contributed by atoms with van der Waals surface area (Å²) in [6.07, 6.45) is 1.57. The summed E-state index contributed by atoms with van der Waals surface area (Å²) in [7, 11) is 0. The third-order valence-electron chi connectivity index (χ3n) is 2.38. The number of carboxylic acids is 1. The summed E-state index contributed by atoms with van der Waals surface area (Å²) >= 11 is 0. The Labute approximate surface area is 77.2 Å². The van der Waals surface area contributed by atoms with Crippen molar-refractivity contribution in [3.8, 4) is 0 Å². The monoisotopic (exact) mass is 182 g/mol. The summed E-state index contributed by atoms with van der Waals surface area (Å²) in [6, 6.07) is 0. The zero-order valence-electron chi connectivity index (χ0n) is 8.33.